The molecule has 4 nitrogen and oxygen atoms in total. The Morgan fingerprint density at radius 3 is 2.61 bits per heavy atom. The van der Waals surface area contributed by atoms with Crippen molar-refractivity contribution in [1.29, 1.82) is 0 Å². The van der Waals surface area contributed by atoms with E-state index in [9.17, 15) is 5.21 Å². The molecule has 1 aliphatic rings. The lowest BCUT2D eigenvalue weighted by molar-refractivity contribution is -0.184. The van der Waals surface area contributed by atoms with Gasteiger partial charge in [-0.05, 0) is 26.3 Å². The van der Waals surface area contributed by atoms with Gasteiger partial charge >= 0.3 is 0 Å². The minimum atomic E-state index is -0.549. The molecule has 0 radical (unpaired) electrons. The lowest BCUT2D eigenvalue weighted by Crippen LogP contribution is -2.41. The minimum absolute atomic E-state index is 0.103. The average Bonchev–Trinajstić information content (AvgIpc) is 2.70. The van der Waals surface area contributed by atoms with Crippen LogP contribution in [0.2, 0.25) is 0 Å². The van der Waals surface area contributed by atoms with Crippen LogP contribution in [-0.2, 0) is 16.0 Å². The van der Waals surface area contributed by atoms with E-state index >= 15 is 0 Å². The van der Waals surface area contributed by atoms with Gasteiger partial charge in [-0.15, -0.1) is 0 Å². The first kappa shape index (κ1) is 13.5. The van der Waals surface area contributed by atoms with Crippen LogP contribution in [0.4, 0.5) is 0 Å². The van der Waals surface area contributed by atoms with Crippen LogP contribution in [0.3, 0.4) is 0 Å². The summed E-state index contributed by atoms with van der Waals surface area (Å²) >= 11 is 0. The predicted molar refractivity (Wildman–Crippen MR) is 68.1 cm³/mol. The molecule has 18 heavy (non-hydrogen) atoms. The highest BCUT2D eigenvalue weighted by atomic mass is 16.7. The molecule has 1 heterocycles. The summed E-state index contributed by atoms with van der Waals surface area (Å²) in [5, 5.41) is 11.4. The quantitative estimate of drug-likeness (QED) is 0.834. The van der Waals surface area contributed by atoms with E-state index in [1.54, 1.807) is 0 Å². The number of rotatable bonds is 4. The SMILES string of the molecule is C[C@@H]([C@@H]1COC(C)(C)O1)N(O)Cc1ccccc1. The van der Waals surface area contributed by atoms with Crippen molar-refractivity contribution < 1.29 is 14.7 Å². The first-order valence-electron chi connectivity index (χ1n) is 6.29. The third kappa shape index (κ3) is 3.29. The van der Waals surface area contributed by atoms with Crippen LogP contribution >= 0.6 is 0 Å². The Morgan fingerprint density at radius 1 is 1.39 bits per heavy atom. The van der Waals surface area contributed by atoms with Crippen molar-refractivity contribution in [2.24, 2.45) is 0 Å². The highest BCUT2D eigenvalue weighted by Gasteiger charge is 2.37. The summed E-state index contributed by atoms with van der Waals surface area (Å²) in [6.45, 7) is 6.72. The second kappa shape index (κ2) is 5.36. The molecule has 0 amide bonds. The molecule has 0 spiro atoms. The zero-order valence-electron chi connectivity index (χ0n) is 11.2. The molecule has 0 aromatic heterocycles. The fourth-order valence-corrected chi connectivity index (χ4v) is 2.06. The maximum atomic E-state index is 10.1. The molecule has 1 N–H and O–H groups in total. The van der Waals surface area contributed by atoms with Crippen molar-refractivity contribution in [3.63, 3.8) is 0 Å². The zero-order chi connectivity index (χ0) is 13.2. The van der Waals surface area contributed by atoms with Crippen LogP contribution in [0, 0.1) is 0 Å². The fraction of sp³-hybridized carbons (Fsp3) is 0.571. The third-order valence-corrected chi connectivity index (χ3v) is 3.23. The molecule has 1 aromatic carbocycles. The normalized spacial score (nSPS) is 24.4. The molecule has 2 rings (SSSR count). The molecule has 0 saturated carbocycles. The van der Waals surface area contributed by atoms with E-state index in [0.717, 1.165) is 5.56 Å². The van der Waals surface area contributed by atoms with E-state index in [-0.39, 0.29) is 12.1 Å². The Morgan fingerprint density at radius 2 is 2.06 bits per heavy atom. The van der Waals surface area contributed by atoms with E-state index in [1.807, 2.05) is 51.1 Å². The Kier molecular flexibility index (Phi) is 4.02. The Labute approximate surface area is 108 Å². The number of hydroxylamine groups is 2. The molecule has 0 unspecified atom stereocenters. The van der Waals surface area contributed by atoms with Crippen molar-refractivity contribution in [2.45, 2.75) is 45.2 Å². The van der Waals surface area contributed by atoms with Gasteiger partial charge in [-0.2, -0.15) is 5.06 Å². The molecule has 1 aromatic rings. The molecule has 1 aliphatic heterocycles. The van der Waals surface area contributed by atoms with Gasteiger partial charge in [0, 0.05) is 6.54 Å². The standard InChI is InChI=1S/C14H21NO3/c1-11(13-10-17-14(2,3)18-13)15(16)9-12-7-5-4-6-8-12/h4-8,11,13,16H,9-10H2,1-3H3/t11-,13-/m0/s1. The lowest BCUT2D eigenvalue weighted by Gasteiger charge is -2.27. The lowest BCUT2D eigenvalue weighted by atomic mass is 10.1. The summed E-state index contributed by atoms with van der Waals surface area (Å²) in [6, 6.07) is 9.77. The average molecular weight is 251 g/mol. The summed E-state index contributed by atoms with van der Waals surface area (Å²) in [5.74, 6) is -0.549. The molecular formula is C14H21NO3. The zero-order valence-corrected chi connectivity index (χ0v) is 11.2. The van der Waals surface area contributed by atoms with Gasteiger partial charge in [0.25, 0.3) is 0 Å². The minimum Gasteiger partial charge on any atom is -0.348 e. The summed E-state index contributed by atoms with van der Waals surface area (Å²) < 4.78 is 11.3. The van der Waals surface area contributed by atoms with E-state index in [1.165, 1.54) is 5.06 Å². The molecule has 100 valence electrons. The smallest absolute Gasteiger partial charge is 0.163 e. The van der Waals surface area contributed by atoms with Gasteiger partial charge in [-0.3, -0.25) is 0 Å². The highest BCUT2D eigenvalue weighted by Crippen LogP contribution is 2.26. The molecule has 2 atom stereocenters. The van der Waals surface area contributed by atoms with Crippen molar-refractivity contribution in [1.82, 2.24) is 5.06 Å². The van der Waals surface area contributed by atoms with Crippen LogP contribution in [0.1, 0.15) is 26.3 Å². The van der Waals surface area contributed by atoms with Crippen LogP contribution in [0.5, 0.6) is 0 Å². The van der Waals surface area contributed by atoms with E-state index in [2.05, 4.69) is 0 Å². The molecule has 4 heteroatoms. The summed E-state index contributed by atoms with van der Waals surface area (Å²) in [5.41, 5.74) is 1.07. The van der Waals surface area contributed by atoms with E-state index in [4.69, 9.17) is 9.47 Å². The van der Waals surface area contributed by atoms with Crippen LogP contribution in [-0.4, -0.2) is 34.8 Å². The first-order chi connectivity index (χ1) is 8.48. The number of nitrogens with zero attached hydrogens (tertiary/aromatic N) is 1. The van der Waals surface area contributed by atoms with E-state index < -0.39 is 5.79 Å². The Hall–Kier alpha value is -0.940. The maximum Gasteiger partial charge on any atom is 0.163 e. The summed E-state index contributed by atoms with van der Waals surface area (Å²) in [7, 11) is 0. The third-order valence-electron chi connectivity index (χ3n) is 3.23. The molecule has 1 saturated heterocycles. The van der Waals surface area contributed by atoms with Crippen LogP contribution < -0.4 is 0 Å². The molecular weight excluding hydrogens is 230 g/mol. The first-order valence-corrected chi connectivity index (χ1v) is 6.29. The van der Waals surface area contributed by atoms with Crippen molar-refractivity contribution in [3.8, 4) is 0 Å². The van der Waals surface area contributed by atoms with Gasteiger partial charge in [-0.25, -0.2) is 0 Å². The number of ether oxygens (including phenoxy) is 2. The molecule has 1 fully saturated rings. The Bertz CT molecular complexity index is 380. The van der Waals surface area contributed by atoms with Crippen molar-refractivity contribution in [3.05, 3.63) is 35.9 Å². The highest BCUT2D eigenvalue weighted by molar-refractivity contribution is 5.14. The topological polar surface area (TPSA) is 41.9 Å². The monoisotopic (exact) mass is 251 g/mol. The van der Waals surface area contributed by atoms with Gasteiger partial charge in [0.2, 0.25) is 0 Å². The molecule has 0 bridgehead atoms. The number of hydrogen-bond acceptors (Lipinski definition) is 4. The van der Waals surface area contributed by atoms with Crippen LogP contribution in [0.15, 0.2) is 30.3 Å². The van der Waals surface area contributed by atoms with Gasteiger partial charge in [0.05, 0.1) is 12.6 Å². The second-order valence-electron chi connectivity index (χ2n) is 5.19. The van der Waals surface area contributed by atoms with Gasteiger partial charge in [0.1, 0.15) is 6.10 Å². The van der Waals surface area contributed by atoms with Gasteiger partial charge in [-0.1, -0.05) is 30.3 Å². The largest absolute Gasteiger partial charge is 0.348 e. The number of benzene rings is 1. The maximum absolute atomic E-state index is 10.1. The predicted octanol–water partition coefficient (Wildman–Crippen LogP) is 2.42. The van der Waals surface area contributed by atoms with Crippen LogP contribution in [0.25, 0.3) is 0 Å². The fourth-order valence-electron chi connectivity index (χ4n) is 2.06. The summed E-state index contributed by atoms with van der Waals surface area (Å²) in [4.78, 5) is 0. The second-order valence-corrected chi connectivity index (χ2v) is 5.19. The summed E-state index contributed by atoms with van der Waals surface area (Å²) in [6.07, 6.45) is -0.103. The Balaban J connectivity index is 1.91. The number of hydrogen-bond donors (Lipinski definition) is 1. The van der Waals surface area contributed by atoms with Gasteiger partial charge in [0.15, 0.2) is 5.79 Å². The van der Waals surface area contributed by atoms with Crippen molar-refractivity contribution in [2.75, 3.05) is 6.61 Å². The van der Waals surface area contributed by atoms with E-state index in [0.29, 0.717) is 13.2 Å². The van der Waals surface area contributed by atoms with Gasteiger partial charge < -0.3 is 14.7 Å². The van der Waals surface area contributed by atoms with Crippen molar-refractivity contribution >= 4 is 0 Å². The molecule has 0 aliphatic carbocycles.